The Bertz CT molecular complexity index is 1050. The van der Waals surface area contributed by atoms with Crippen molar-refractivity contribution in [2.75, 3.05) is 0 Å². The summed E-state index contributed by atoms with van der Waals surface area (Å²) >= 11 is 7.58. The van der Waals surface area contributed by atoms with Crippen LogP contribution in [0.4, 0.5) is 0 Å². The first-order chi connectivity index (χ1) is 12.7. The average Bonchev–Trinajstić information content (AvgIpc) is 3.30. The molecule has 6 nitrogen and oxygen atoms in total. The summed E-state index contributed by atoms with van der Waals surface area (Å²) in [4.78, 5) is 4.50. The van der Waals surface area contributed by atoms with E-state index in [-0.39, 0.29) is 0 Å². The first kappa shape index (κ1) is 16.8. The van der Waals surface area contributed by atoms with Gasteiger partial charge in [-0.05, 0) is 25.1 Å². The molecule has 0 aliphatic rings. The van der Waals surface area contributed by atoms with E-state index >= 15 is 0 Å². The summed E-state index contributed by atoms with van der Waals surface area (Å²) in [6.45, 7) is 2.04. The van der Waals surface area contributed by atoms with E-state index in [9.17, 15) is 0 Å². The lowest BCUT2D eigenvalue weighted by Gasteiger charge is -1.97. The van der Waals surface area contributed by atoms with Gasteiger partial charge in [-0.1, -0.05) is 59.3 Å². The Morgan fingerprint density at radius 1 is 1.12 bits per heavy atom. The molecule has 2 heterocycles. The predicted molar refractivity (Wildman–Crippen MR) is 101 cm³/mol. The number of aromatic nitrogens is 5. The number of thioether (sulfide) groups is 1. The molecule has 0 atom stereocenters. The van der Waals surface area contributed by atoms with E-state index in [2.05, 4.69) is 31.4 Å². The first-order valence-electron chi connectivity index (χ1n) is 7.88. The third-order valence-electron chi connectivity index (χ3n) is 3.65. The fourth-order valence-electron chi connectivity index (χ4n) is 2.41. The van der Waals surface area contributed by atoms with Gasteiger partial charge in [0.2, 0.25) is 16.9 Å². The lowest BCUT2D eigenvalue weighted by Crippen LogP contribution is -1.83. The van der Waals surface area contributed by atoms with Crippen molar-refractivity contribution in [2.24, 2.45) is 0 Å². The van der Waals surface area contributed by atoms with Gasteiger partial charge >= 0.3 is 0 Å². The SMILES string of the molecule is Cc1cccc(-c2nc(SCc3nnc(-c4ccccc4Cl)o3)n[nH]2)c1. The Morgan fingerprint density at radius 3 is 2.85 bits per heavy atom. The molecule has 0 amide bonds. The average molecular weight is 384 g/mol. The molecule has 0 fully saturated rings. The Morgan fingerprint density at radius 2 is 2.00 bits per heavy atom. The van der Waals surface area contributed by atoms with Crippen LogP contribution in [-0.2, 0) is 5.75 Å². The number of aromatic amines is 1. The van der Waals surface area contributed by atoms with Crippen LogP contribution in [-0.4, -0.2) is 25.4 Å². The maximum absolute atomic E-state index is 6.16. The van der Waals surface area contributed by atoms with Gasteiger partial charge in [0, 0.05) is 5.56 Å². The molecule has 0 aliphatic carbocycles. The molecule has 0 spiro atoms. The smallest absolute Gasteiger partial charge is 0.249 e. The zero-order chi connectivity index (χ0) is 17.9. The summed E-state index contributed by atoms with van der Waals surface area (Å²) in [5.41, 5.74) is 2.90. The van der Waals surface area contributed by atoms with Crippen molar-refractivity contribution in [3.8, 4) is 22.8 Å². The molecule has 0 bridgehead atoms. The Balaban J connectivity index is 1.45. The van der Waals surface area contributed by atoms with Crippen molar-refractivity contribution in [1.29, 1.82) is 0 Å². The Kier molecular flexibility index (Phi) is 4.73. The van der Waals surface area contributed by atoms with Crippen molar-refractivity contribution < 1.29 is 4.42 Å². The van der Waals surface area contributed by atoms with Gasteiger partial charge in [0.15, 0.2) is 5.82 Å². The summed E-state index contributed by atoms with van der Waals surface area (Å²) in [5, 5.41) is 16.5. The van der Waals surface area contributed by atoms with Crippen LogP contribution < -0.4 is 0 Å². The molecule has 130 valence electrons. The van der Waals surface area contributed by atoms with E-state index in [1.165, 1.54) is 17.3 Å². The van der Waals surface area contributed by atoms with Gasteiger partial charge in [-0.3, -0.25) is 5.10 Å². The molecule has 0 unspecified atom stereocenters. The molecule has 0 radical (unpaired) electrons. The van der Waals surface area contributed by atoms with Crippen molar-refractivity contribution in [1.82, 2.24) is 25.4 Å². The largest absolute Gasteiger partial charge is 0.420 e. The summed E-state index contributed by atoms with van der Waals surface area (Å²) < 4.78 is 5.69. The molecule has 1 N–H and O–H groups in total. The molecule has 2 aromatic carbocycles. The van der Waals surface area contributed by atoms with Gasteiger partial charge in [0.25, 0.3) is 0 Å². The maximum atomic E-state index is 6.16. The number of benzene rings is 2. The summed E-state index contributed by atoms with van der Waals surface area (Å²) in [5.74, 6) is 2.11. The van der Waals surface area contributed by atoms with Crippen molar-refractivity contribution in [3.05, 3.63) is 65.0 Å². The number of nitrogens with one attached hydrogen (secondary N) is 1. The number of hydrogen-bond acceptors (Lipinski definition) is 6. The van der Waals surface area contributed by atoms with Crippen LogP contribution >= 0.6 is 23.4 Å². The number of aryl methyl sites for hydroxylation is 1. The number of halogens is 1. The highest BCUT2D eigenvalue weighted by Gasteiger charge is 2.13. The summed E-state index contributed by atoms with van der Waals surface area (Å²) in [6, 6.07) is 15.5. The van der Waals surface area contributed by atoms with Gasteiger partial charge < -0.3 is 4.42 Å². The second-order valence-electron chi connectivity index (χ2n) is 5.61. The molecular weight excluding hydrogens is 370 g/mol. The third-order valence-corrected chi connectivity index (χ3v) is 4.81. The molecule has 26 heavy (non-hydrogen) atoms. The van der Waals surface area contributed by atoms with Crippen molar-refractivity contribution in [2.45, 2.75) is 17.8 Å². The van der Waals surface area contributed by atoms with Gasteiger partial charge in [0.05, 0.1) is 16.3 Å². The van der Waals surface area contributed by atoms with E-state index in [0.29, 0.717) is 27.7 Å². The monoisotopic (exact) mass is 383 g/mol. The van der Waals surface area contributed by atoms with Crippen LogP contribution in [0.3, 0.4) is 0 Å². The molecule has 0 aliphatic heterocycles. The van der Waals surface area contributed by atoms with Gasteiger partial charge in [-0.15, -0.1) is 15.3 Å². The van der Waals surface area contributed by atoms with Crippen LogP contribution in [0.25, 0.3) is 22.8 Å². The van der Waals surface area contributed by atoms with E-state index in [0.717, 1.165) is 17.0 Å². The van der Waals surface area contributed by atoms with E-state index in [1.54, 1.807) is 6.07 Å². The minimum Gasteiger partial charge on any atom is -0.420 e. The van der Waals surface area contributed by atoms with Crippen LogP contribution in [0.5, 0.6) is 0 Å². The molecule has 8 heteroatoms. The number of H-pyrrole nitrogens is 1. The highest BCUT2D eigenvalue weighted by atomic mass is 35.5. The van der Waals surface area contributed by atoms with Crippen LogP contribution in [0.15, 0.2) is 58.1 Å². The molecule has 0 saturated carbocycles. The minimum absolute atomic E-state index is 0.404. The van der Waals surface area contributed by atoms with Gasteiger partial charge in [-0.25, -0.2) is 4.98 Å². The van der Waals surface area contributed by atoms with Crippen LogP contribution in [0, 0.1) is 6.92 Å². The zero-order valence-corrected chi connectivity index (χ0v) is 15.4. The Labute approximate surface area is 159 Å². The molecule has 2 aromatic heterocycles. The van der Waals surface area contributed by atoms with Gasteiger partial charge in [0.1, 0.15) is 0 Å². The van der Waals surface area contributed by atoms with Crippen molar-refractivity contribution >= 4 is 23.4 Å². The summed E-state index contributed by atoms with van der Waals surface area (Å²) in [6.07, 6.45) is 0. The normalized spacial score (nSPS) is 11.0. The molecular formula is C18H14ClN5OS. The van der Waals surface area contributed by atoms with E-state index in [4.69, 9.17) is 16.0 Å². The predicted octanol–water partition coefficient (Wildman–Crippen LogP) is 4.78. The second-order valence-corrected chi connectivity index (χ2v) is 6.96. The van der Waals surface area contributed by atoms with E-state index < -0.39 is 0 Å². The van der Waals surface area contributed by atoms with Crippen LogP contribution in [0.2, 0.25) is 5.02 Å². The highest BCUT2D eigenvalue weighted by molar-refractivity contribution is 7.98. The standard InChI is InChI=1S/C18H14ClN5OS/c1-11-5-4-6-12(9-11)16-20-18(24-22-16)26-10-15-21-23-17(25-15)13-7-2-3-8-14(13)19/h2-9H,10H2,1H3,(H,20,22,24). The van der Waals surface area contributed by atoms with Crippen molar-refractivity contribution in [3.63, 3.8) is 0 Å². The maximum Gasteiger partial charge on any atom is 0.249 e. The van der Waals surface area contributed by atoms with Crippen LogP contribution in [0.1, 0.15) is 11.5 Å². The first-order valence-corrected chi connectivity index (χ1v) is 9.25. The fourth-order valence-corrected chi connectivity index (χ4v) is 3.27. The highest BCUT2D eigenvalue weighted by Crippen LogP contribution is 2.28. The van der Waals surface area contributed by atoms with Gasteiger partial charge in [-0.2, -0.15) is 0 Å². The molecule has 0 saturated heterocycles. The van der Waals surface area contributed by atoms with E-state index in [1.807, 2.05) is 43.3 Å². The summed E-state index contributed by atoms with van der Waals surface area (Å²) in [7, 11) is 0. The molecule has 4 rings (SSSR count). The number of rotatable bonds is 5. The quantitative estimate of drug-likeness (QED) is 0.500. The number of hydrogen-bond donors (Lipinski definition) is 1. The number of nitrogens with zero attached hydrogens (tertiary/aromatic N) is 4. The minimum atomic E-state index is 0.404. The second kappa shape index (κ2) is 7.31. The fraction of sp³-hybridized carbons (Fsp3) is 0.111. The topological polar surface area (TPSA) is 80.5 Å². The third kappa shape index (κ3) is 3.63. The molecule has 4 aromatic rings. The Hall–Kier alpha value is -2.64. The lowest BCUT2D eigenvalue weighted by atomic mass is 10.1. The zero-order valence-electron chi connectivity index (χ0n) is 13.8. The lowest BCUT2D eigenvalue weighted by molar-refractivity contribution is 0.528.